The summed E-state index contributed by atoms with van der Waals surface area (Å²) in [5.74, 6) is -1.12. The molecule has 4 nitrogen and oxygen atoms in total. The van der Waals surface area contributed by atoms with Crippen LogP contribution >= 0.6 is 15.9 Å². The summed E-state index contributed by atoms with van der Waals surface area (Å²) in [5, 5.41) is 23.4. The third-order valence-electron chi connectivity index (χ3n) is 5.47. The fourth-order valence-electron chi connectivity index (χ4n) is 4.30. The molecule has 0 aromatic heterocycles. The van der Waals surface area contributed by atoms with Crippen LogP contribution in [-0.2, 0) is 20.7 Å². The summed E-state index contributed by atoms with van der Waals surface area (Å²) in [6.07, 6.45) is 0.0981. The Morgan fingerprint density at radius 1 is 1.15 bits per heavy atom. The fourth-order valence-corrected chi connectivity index (χ4v) is 4.66. The number of halogens is 1. The Kier molecular flexibility index (Phi) is 4.03. The monoisotopic (exact) mass is 416 g/mol. The Balaban J connectivity index is 1.91. The minimum Gasteiger partial charge on any atom is -0.465 e. The third-order valence-corrected chi connectivity index (χ3v) is 5.96. The number of esters is 1. The van der Waals surface area contributed by atoms with Crippen molar-refractivity contribution in [3.05, 3.63) is 69.2 Å². The molecule has 2 bridgehead atoms. The maximum atomic E-state index is 12.8. The molecule has 0 saturated heterocycles. The molecule has 0 amide bonds. The van der Waals surface area contributed by atoms with E-state index in [1.165, 1.54) is 0 Å². The first-order chi connectivity index (χ1) is 12.3. The number of carbonyl (C=O) groups excluding carboxylic acids is 1. The highest BCUT2D eigenvalue weighted by Gasteiger charge is 2.62. The molecule has 136 valence electrons. The zero-order valence-electron chi connectivity index (χ0n) is 14.7. The molecule has 5 heteroatoms. The van der Waals surface area contributed by atoms with E-state index in [0.29, 0.717) is 28.9 Å². The van der Waals surface area contributed by atoms with Crippen LogP contribution in [0.3, 0.4) is 0 Å². The summed E-state index contributed by atoms with van der Waals surface area (Å²) in [5.41, 5.74) is -0.399. The predicted octanol–water partition coefficient (Wildman–Crippen LogP) is 3.45. The molecule has 26 heavy (non-hydrogen) atoms. The number of ether oxygens (including phenoxy) is 1. The predicted molar refractivity (Wildman–Crippen MR) is 100 cm³/mol. The highest BCUT2D eigenvalue weighted by atomic mass is 79.9. The lowest BCUT2D eigenvalue weighted by Gasteiger charge is -2.53. The molecule has 0 fully saturated rings. The van der Waals surface area contributed by atoms with Gasteiger partial charge in [0.25, 0.3) is 0 Å². The maximum Gasteiger partial charge on any atom is 0.312 e. The van der Waals surface area contributed by atoms with Gasteiger partial charge in [0, 0.05) is 10.9 Å². The molecule has 3 aliphatic carbocycles. The van der Waals surface area contributed by atoms with E-state index in [9.17, 15) is 15.0 Å². The number of carbonyl (C=O) groups is 1. The van der Waals surface area contributed by atoms with E-state index in [2.05, 4.69) is 15.9 Å². The first kappa shape index (κ1) is 17.7. The van der Waals surface area contributed by atoms with E-state index >= 15 is 0 Å². The van der Waals surface area contributed by atoms with Gasteiger partial charge in [-0.05, 0) is 40.3 Å². The minimum atomic E-state index is -1.51. The molecule has 3 atom stereocenters. The zero-order chi connectivity index (χ0) is 18.7. The van der Waals surface area contributed by atoms with Crippen molar-refractivity contribution in [3.63, 3.8) is 0 Å². The van der Waals surface area contributed by atoms with Gasteiger partial charge in [-0.3, -0.25) is 4.79 Å². The number of hydrogen-bond donors (Lipinski definition) is 2. The molecule has 0 heterocycles. The Bertz CT molecular complexity index is 893. The minimum absolute atomic E-state index is 0.0981. The summed E-state index contributed by atoms with van der Waals surface area (Å²) in [6.45, 7) is 4.22. The van der Waals surface area contributed by atoms with Crippen molar-refractivity contribution in [1.29, 1.82) is 0 Å². The molecule has 0 aliphatic heterocycles. The number of fused-ring (bicyclic) bond motifs is 1. The number of hydrogen-bond acceptors (Lipinski definition) is 4. The lowest BCUT2D eigenvalue weighted by molar-refractivity contribution is -0.168. The molecular formula is C21H21BrO4. The molecule has 3 unspecified atom stereocenters. The highest BCUT2D eigenvalue weighted by molar-refractivity contribution is 9.10. The van der Waals surface area contributed by atoms with Crippen LogP contribution in [0.1, 0.15) is 42.5 Å². The van der Waals surface area contributed by atoms with Crippen LogP contribution in [-0.4, -0.2) is 22.8 Å². The van der Waals surface area contributed by atoms with E-state index in [0.717, 1.165) is 4.47 Å². The molecule has 2 aromatic carbocycles. The van der Waals surface area contributed by atoms with Crippen molar-refractivity contribution >= 4 is 21.9 Å². The van der Waals surface area contributed by atoms with Crippen molar-refractivity contribution in [2.24, 2.45) is 11.8 Å². The summed E-state index contributed by atoms with van der Waals surface area (Å²) < 4.78 is 6.26. The molecule has 2 N–H and O–H groups in total. The zero-order valence-corrected chi connectivity index (χ0v) is 16.3. The van der Waals surface area contributed by atoms with Crippen molar-refractivity contribution in [2.45, 2.75) is 31.5 Å². The molecule has 5 rings (SSSR count). The van der Waals surface area contributed by atoms with Crippen molar-refractivity contribution in [3.8, 4) is 0 Å². The number of benzene rings is 2. The average molecular weight is 417 g/mol. The maximum absolute atomic E-state index is 12.8. The van der Waals surface area contributed by atoms with Gasteiger partial charge in [-0.25, -0.2) is 0 Å². The Labute approximate surface area is 160 Å². The first-order valence-corrected chi connectivity index (χ1v) is 9.59. The van der Waals surface area contributed by atoms with E-state index in [1.807, 2.05) is 44.2 Å². The van der Waals surface area contributed by atoms with E-state index in [1.54, 1.807) is 12.1 Å². The highest BCUT2D eigenvalue weighted by Crippen LogP contribution is 2.60. The van der Waals surface area contributed by atoms with Gasteiger partial charge in [0.15, 0.2) is 0 Å². The molecule has 0 spiro atoms. The lowest BCUT2D eigenvalue weighted by atomic mass is 9.54. The first-order valence-electron chi connectivity index (χ1n) is 8.80. The van der Waals surface area contributed by atoms with Gasteiger partial charge in [-0.2, -0.15) is 0 Å². The van der Waals surface area contributed by atoms with E-state index < -0.39 is 23.1 Å². The van der Waals surface area contributed by atoms with Gasteiger partial charge in [0.1, 0.15) is 11.2 Å². The molecule has 0 radical (unpaired) electrons. The van der Waals surface area contributed by atoms with Gasteiger partial charge >= 0.3 is 5.97 Å². The Morgan fingerprint density at radius 2 is 1.81 bits per heavy atom. The normalized spacial score (nSPS) is 28.6. The van der Waals surface area contributed by atoms with Gasteiger partial charge in [-0.1, -0.05) is 60.1 Å². The van der Waals surface area contributed by atoms with Crippen LogP contribution in [0.2, 0.25) is 0 Å². The van der Waals surface area contributed by atoms with E-state index in [4.69, 9.17) is 4.74 Å². The van der Waals surface area contributed by atoms with Crippen molar-refractivity contribution in [1.82, 2.24) is 0 Å². The van der Waals surface area contributed by atoms with Crippen LogP contribution in [0.4, 0.5) is 0 Å². The Morgan fingerprint density at radius 3 is 2.50 bits per heavy atom. The number of aliphatic hydroxyl groups is 2. The van der Waals surface area contributed by atoms with Crippen molar-refractivity contribution < 1.29 is 19.7 Å². The lowest BCUT2D eigenvalue weighted by Crippen LogP contribution is -2.57. The second-order valence-electron chi connectivity index (χ2n) is 7.64. The van der Waals surface area contributed by atoms with Crippen LogP contribution in [0, 0.1) is 11.8 Å². The van der Waals surface area contributed by atoms with Crippen LogP contribution in [0.25, 0.3) is 0 Å². The SMILES string of the molecule is CC(C)COC(=O)C1CC2(O)c3ccccc3C1(O)c1ccc(Br)cc12. The van der Waals surface area contributed by atoms with Crippen LogP contribution in [0.5, 0.6) is 0 Å². The van der Waals surface area contributed by atoms with Gasteiger partial charge < -0.3 is 14.9 Å². The van der Waals surface area contributed by atoms with Gasteiger partial charge in [0.2, 0.25) is 0 Å². The summed E-state index contributed by atoms with van der Waals surface area (Å²) in [7, 11) is 0. The average Bonchev–Trinajstić information content (AvgIpc) is 2.62. The van der Waals surface area contributed by atoms with Crippen molar-refractivity contribution in [2.75, 3.05) is 6.61 Å². The molecule has 2 aromatic rings. The van der Waals surface area contributed by atoms with Gasteiger partial charge in [0.05, 0.1) is 12.5 Å². The topological polar surface area (TPSA) is 66.8 Å². The largest absolute Gasteiger partial charge is 0.465 e. The fraction of sp³-hybridized carbons (Fsp3) is 0.381. The quantitative estimate of drug-likeness (QED) is 0.751. The smallest absolute Gasteiger partial charge is 0.312 e. The third kappa shape index (κ3) is 2.30. The van der Waals surface area contributed by atoms with Crippen LogP contribution in [0.15, 0.2) is 46.9 Å². The van der Waals surface area contributed by atoms with E-state index in [-0.39, 0.29) is 12.3 Å². The standard InChI is InChI=1S/C21H21BrO4/c1-12(2)11-26-19(23)18-10-20(24)14-5-3-4-6-15(14)21(18,25)16-8-7-13(22)9-17(16)20/h3-9,12,18,24-25H,10-11H2,1-2H3. The molecule has 3 aliphatic rings. The summed E-state index contributed by atoms with van der Waals surface area (Å²) in [4.78, 5) is 12.8. The summed E-state index contributed by atoms with van der Waals surface area (Å²) in [6, 6.07) is 12.7. The number of rotatable bonds is 3. The molecule has 0 saturated carbocycles. The van der Waals surface area contributed by atoms with Crippen LogP contribution < -0.4 is 0 Å². The second kappa shape index (κ2) is 5.91. The van der Waals surface area contributed by atoms with Gasteiger partial charge in [-0.15, -0.1) is 0 Å². The molecular weight excluding hydrogens is 396 g/mol. The Hall–Kier alpha value is -1.69. The second-order valence-corrected chi connectivity index (χ2v) is 8.56. The summed E-state index contributed by atoms with van der Waals surface area (Å²) >= 11 is 3.44.